The van der Waals surface area contributed by atoms with Crippen LogP contribution in [0, 0.1) is 5.82 Å². The van der Waals surface area contributed by atoms with Gasteiger partial charge in [-0.3, -0.25) is 4.79 Å². The van der Waals surface area contributed by atoms with Crippen LogP contribution in [-0.4, -0.2) is 5.78 Å². The van der Waals surface area contributed by atoms with Crippen LogP contribution in [0.15, 0.2) is 34.8 Å². The summed E-state index contributed by atoms with van der Waals surface area (Å²) in [7, 11) is 0. The van der Waals surface area contributed by atoms with Crippen LogP contribution in [0.1, 0.15) is 30.1 Å². The van der Waals surface area contributed by atoms with Gasteiger partial charge in [0.05, 0.1) is 5.56 Å². The Morgan fingerprint density at radius 1 is 1.47 bits per heavy atom. The molecule has 0 radical (unpaired) electrons. The standard InChI is InChI=1S/C12H12BrFO/c1-8(2)3-6-12(15)10-5-4-9(13)7-11(10)14/h4-5,7H,1,3,6H2,2H3. The molecule has 15 heavy (non-hydrogen) atoms. The third-order valence-corrected chi connectivity index (χ3v) is 2.50. The van der Waals surface area contributed by atoms with Crippen molar-refractivity contribution < 1.29 is 9.18 Å². The van der Waals surface area contributed by atoms with Crippen molar-refractivity contribution in [1.82, 2.24) is 0 Å². The van der Waals surface area contributed by atoms with Crippen LogP contribution in [0.4, 0.5) is 4.39 Å². The number of carbonyl (C=O) groups is 1. The molecule has 0 saturated carbocycles. The number of allylic oxidation sites excluding steroid dienone is 1. The Bertz CT molecular complexity index is 399. The van der Waals surface area contributed by atoms with E-state index in [2.05, 4.69) is 22.5 Å². The highest BCUT2D eigenvalue weighted by molar-refractivity contribution is 9.10. The van der Waals surface area contributed by atoms with Gasteiger partial charge in [0.1, 0.15) is 5.82 Å². The summed E-state index contributed by atoms with van der Waals surface area (Å²) >= 11 is 3.14. The van der Waals surface area contributed by atoms with E-state index >= 15 is 0 Å². The van der Waals surface area contributed by atoms with E-state index in [0.29, 0.717) is 17.3 Å². The van der Waals surface area contributed by atoms with Gasteiger partial charge in [0.25, 0.3) is 0 Å². The molecule has 1 aromatic carbocycles. The summed E-state index contributed by atoms with van der Waals surface area (Å²) in [6.45, 7) is 5.56. The quantitative estimate of drug-likeness (QED) is 0.594. The van der Waals surface area contributed by atoms with E-state index in [1.165, 1.54) is 12.1 Å². The third kappa shape index (κ3) is 3.59. The largest absolute Gasteiger partial charge is 0.294 e. The van der Waals surface area contributed by atoms with Gasteiger partial charge in [0.15, 0.2) is 5.78 Å². The highest BCUT2D eigenvalue weighted by atomic mass is 79.9. The smallest absolute Gasteiger partial charge is 0.166 e. The molecule has 0 spiro atoms. The van der Waals surface area contributed by atoms with Gasteiger partial charge in [0, 0.05) is 10.9 Å². The lowest BCUT2D eigenvalue weighted by Gasteiger charge is -2.02. The maximum Gasteiger partial charge on any atom is 0.166 e. The topological polar surface area (TPSA) is 17.1 Å². The maximum absolute atomic E-state index is 13.4. The lowest BCUT2D eigenvalue weighted by atomic mass is 10.0. The number of rotatable bonds is 4. The molecule has 0 unspecified atom stereocenters. The zero-order valence-corrected chi connectivity index (χ0v) is 10.1. The van der Waals surface area contributed by atoms with Crippen molar-refractivity contribution >= 4 is 21.7 Å². The van der Waals surface area contributed by atoms with Gasteiger partial charge in [0.2, 0.25) is 0 Å². The molecule has 0 saturated heterocycles. The summed E-state index contributed by atoms with van der Waals surface area (Å²) in [5.74, 6) is -0.654. The minimum Gasteiger partial charge on any atom is -0.294 e. The Balaban J connectivity index is 2.78. The van der Waals surface area contributed by atoms with E-state index in [9.17, 15) is 9.18 Å². The number of hydrogen-bond donors (Lipinski definition) is 0. The van der Waals surface area contributed by atoms with Gasteiger partial charge in [-0.2, -0.15) is 0 Å². The van der Waals surface area contributed by atoms with Crippen molar-refractivity contribution in [3.8, 4) is 0 Å². The van der Waals surface area contributed by atoms with Crippen LogP contribution in [0.3, 0.4) is 0 Å². The average Bonchev–Trinajstić information content (AvgIpc) is 2.14. The Hall–Kier alpha value is -0.960. The first kappa shape index (κ1) is 12.1. The highest BCUT2D eigenvalue weighted by Gasteiger charge is 2.11. The summed E-state index contributed by atoms with van der Waals surface area (Å²) in [5, 5.41) is 0. The SMILES string of the molecule is C=C(C)CCC(=O)c1ccc(Br)cc1F. The fourth-order valence-electron chi connectivity index (χ4n) is 1.18. The van der Waals surface area contributed by atoms with Crippen LogP contribution >= 0.6 is 15.9 Å². The van der Waals surface area contributed by atoms with E-state index in [0.717, 1.165) is 5.57 Å². The van der Waals surface area contributed by atoms with Crippen molar-refractivity contribution in [2.45, 2.75) is 19.8 Å². The number of hydrogen-bond acceptors (Lipinski definition) is 1. The molecule has 0 atom stereocenters. The van der Waals surface area contributed by atoms with E-state index in [1.54, 1.807) is 6.07 Å². The van der Waals surface area contributed by atoms with Gasteiger partial charge < -0.3 is 0 Å². The first-order chi connectivity index (χ1) is 7.00. The summed E-state index contributed by atoms with van der Waals surface area (Å²) in [4.78, 5) is 11.6. The lowest BCUT2D eigenvalue weighted by Crippen LogP contribution is -2.02. The first-order valence-corrected chi connectivity index (χ1v) is 5.42. The second kappa shape index (κ2) is 5.21. The predicted octanol–water partition coefficient (Wildman–Crippen LogP) is 4.13. The number of benzene rings is 1. The van der Waals surface area contributed by atoms with Crippen molar-refractivity contribution in [1.29, 1.82) is 0 Å². The second-order valence-electron chi connectivity index (χ2n) is 3.50. The molecule has 0 aliphatic heterocycles. The molecular formula is C12H12BrFO. The lowest BCUT2D eigenvalue weighted by molar-refractivity contribution is 0.0979. The van der Waals surface area contributed by atoms with E-state index in [1.807, 2.05) is 6.92 Å². The molecule has 0 aliphatic rings. The van der Waals surface area contributed by atoms with Crippen LogP contribution in [0.5, 0.6) is 0 Å². The fraction of sp³-hybridized carbons (Fsp3) is 0.250. The minimum atomic E-state index is -0.476. The van der Waals surface area contributed by atoms with Gasteiger partial charge in [-0.1, -0.05) is 21.5 Å². The molecular weight excluding hydrogens is 259 g/mol. The molecule has 0 N–H and O–H groups in total. The van der Waals surface area contributed by atoms with Gasteiger partial charge in [-0.25, -0.2) is 4.39 Å². The molecule has 1 aromatic rings. The van der Waals surface area contributed by atoms with Crippen molar-refractivity contribution in [3.63, 3.8) is 0 Å². The molecule has 3 heteroatoms. The second-order valence-corrected chi connectivity index (χ2v) is 4.42. The Kier molecular flexibility index (Phi) is 4.21. The van der Waals surface area contributed by atoms with Crippen LogP contribution in [0.2, 0.25) is 0 Å². The number of halogens is 2. The summed E-state index contributed by atoms with van der Waals surface area (Å²) < 4.78 is 14.0. The molecule has 80 valence electrons. The Morgan fingerprint density at radius 3 is 2.67 bits per heavy atom. The van der Waals surface area contributed by atoms with E-state index in [-0.39, 0.29) is 11.3 Å². The Labute approximate surface area is 97.1 Å². The van der Waals surface area contributed by atoms with Gasteiger partial charge >= 0.3 is 0 Å². The van der Waals surface area contributed by atoms with Crippen molar-refractivity contribution in [3.05, 3.63) is 46.2 Å². The first-order valence-electron chi connectivity index (χ1n) is 4.63. The number of ketones is 1. The summed E-state index contributed by atoms with van der Waals surface area (Å²) in [6, 6.07) is 4.46. The normalized spacial score (nSPS) is 10.1. The molecule has 0 bridgehead atoms. The monoisotopic (exact) mass is 270 g/mol. The average molecular weight is 271 g/mol. The van der Waals surface area contributed by atoms with Gasteiger partial charge in [-0.15, -0.1) is 6.58 Å². The molecule has 0 aromatic heterocycles. The zero-order valence-electron chi connectivity index (χ0n) is 8.52. The summed E-state index contributed by atoms with van der Waals surface area (Å²) in [6.07, 6.45) is 0.919. The predicted molar refractivity (Wildman–Crippen MR) is 62.5 cm³/mol. The van der Waals surface area contributed by atoms with Crippen molar-refractivity contribution in [2.75, 3.05) is 0 Å². The molecule has 0 amide bonds. The van der Waals surface area contributed by atoms with Gasteiger partial charge in [-0.05, 0) is 31.5 Å². The Morgan fingerprint density at radius 2 is 2.13 bits per heavy atom. The highest BCUT2D eigenvalue weighted by Crippen LogP contribution is 2.17. The maximum atomic E-state index is 13.4. The van der Waals surface area contributed by atoms with Crippen LogP contribution in [0.25, 0.3) is 0 Å². The molecule has 1 nitrogen and oxygen atoms in total. The fourth-order valence-corrected chi connectivity index (χ4v) is 1.51. The number of Topliss-reactive ketones (excluding diaryl/α,β-unsaturated/α-hetero) is 1. The summed E-state index contributed by atoms with van der Waals surface area (Å²) in [5.41, 5.74) is 1.08. The minimum absolute atomic E-state index is 0.152. The van der Waals surface area contributed by atoms with Crippen LogP contribution < -0.4 is 0 Å². The molecule has 1 rings (SSSR count). The van der Waals surface area contributed by atoms with Crippen LogP contribution in [-0.2, 0) is 0 Å². The third-order valence-electron chi connectivity index (χ3n) is 2.01. The molecule has 0 heterocycles. The number of carbonyl (C=O) groups excluding carboxylic acids is 1. The van der Waals surface area contributed by atoms with E-state index < -0.39 is 5.82 Å². The van der Waals surface area contributed by atoms with Crippen molar-refractivity contribution in [2.24, 2.45) is 0 Å². The van der Waals surface area contributed by atoms with E-state index in [4.69, 9.17) is 0 Å². The molecule has 0 fully saturated rings. The molecule has 0 aliphatic carbocycles. The zero-order chi connectivity index (χ0) is 11.4.